The molecule has 0 saturated carbocycles. The Hall–Kier alpha value is -2.69. The van der Waals surface area contributed by atoms with E-state index >= 15 is 0 Å². The van der Waals surface area contributed by atoms with Crippen molar-refractivity contribution in [2.75, 3.05) is 17.2 Å². The molecule has 18 heavy (non-hydrogen) atoms. The highest BCUT2D eigenvalue weighted by Gasteiger charge is 2.09. The summed E-state index contributed by atoms with van der Waals surface area (Å²) >= 11 is 0. The fourth-order valence-corrected chi connectivity index (χ4v) is 1.91. The first kappa shape index (κ1) is 10.5. The first-order valence-corrected chi connectivity index (χ1v) is 5.55. The van der Waals surface area contributed by atoms with Crippen LogP contribution in [0.25, 0.3) is 22.4 Å². The van der Waals surface area contributed by atoms with E-state index in [1.54, 1.807) is 12.1 Å². The van der Waals surface area contributed by atoms with Crippen molar-refractivity contribution in [3.05, 3.63) is 36.4 Å². The Labute approximate surface area is 104 Å². The van der Waals surface area contributed by atoms with E-state index in [1.165, 1.54) is 0 Å². The minimum absolute atomic E-state index is 0.608. The molecule has 3 aromatic rings. The lowest BCUT2D eigenvalue weighted by atomic mass is 10.2. The van der Waals surface area contributed by atoms with Gasteiger partial charge in [0.1, 0.15) is 11.3 Å². The van der Waals surface area contributed by atoms with Gasteiger partial charge in [0, 0.05) is 11.3 Å². The molecule has 0 amide bonds. The Morgan fingerprint density at radius 2 is 1.50 bits per heavy atom. The average molecular weight is 239 g/mol. The van der Waals surface area contributed by atoms with Crippen molar-refractivity contribution in [1.82, 2.24) is 9.97 Å². The van der Waals surface area contributed by atoms with Crippen molar-refractivity contribution in [2.45, 2.75) is 0 Å². The van der Waals surface area contributed by atoms with Crippen molar-refractivity contribution in [1.29, 1.82) is 0 Å². The van der Waals surface area contributed by atoms with Crippen molar-refractivity contribution in [2.24, 2.45) is 0 Å². The molecule has 2 aromatic carbocycles. The fraction of sp³-hybridized carbons (Fsp3) is 0. The second kappa shape index (κ2) is 3.66. The topological polar surface area (TPSA) is 107 Å². The summed E-state index contributed by atoms with van der Waals surface area (Å²) in [4.78, 5) is 7.66. The molecule has 0 bridgehead atoms. The number of fused-ring (bicyclic) bond motifs is 1. The summed E-state index contributed by atoms with van der Waals surface area (Å²) in [6, 6.07) is 11.0. The van der Waals surface area contributed by atoms with E-state index in [-0.39, 0.29) is 0 Å². The summed E-state index contributed by atoms with van der Waals surface area (Å²) in [5, 5.41) is 0. The number of H-pyrrole nitrogens is 1. The van der Waals surface area contributed by atoms with Gasteiger partial charge in [-0.05, 0) is 36.4 Å². The molecule has 5 heteroatoms. The monoisotopic (exact) mass is 239 g/mol. The van der Waals surface area contributed by atoms with E-state index in [4.69, 9.17) is 17.2 Å². The van der Waals surface area contributed by atoms with Gasteiger partial charge in [0.15, 0.2) is 0 Å². The van der Waals surface area contributed by atoms with Crippen LogP contribution in [0.1, 0.15) is 0 Å². The van der Waals surface area contributed by atoms with E-state index in [0.717, 1.165) is 16.9 Å². The van der Waals surface area contributed by atoms with E-state index in [2.05, 4.69) is 9.97 Å². The van der Waals surface area contributed by atoms with Gasteiger partial charge in [-0.3, -0.25) is 0 Å². The molecule has 1 aromatic heterocycles. The van der Waals surface area contributed by atoms with E-state index < -0.39 is 0 Å². The number of anilines is 3. The van der Waals surface area contributed by atoms with Crippen molar-refractivity contribution in [3.63, 3.8) is 0 Å². The summed E-state index contributed by atoms with van der Waals surface area (Å²) in [7, 11) is 0. The van der Waals surface area contributed by atoms with Crippen molar-refractivity contribution >= 4 is 28.1 Å². The molecular formula is C13H13N5. The molecule has 0 aliphatic rings. The summed E-state index contributed by atoms with van der Waals surface area (Å²) in [6.45, 7) is 0. The van der Waals surface area contributed by atoms with Crippen molar-refractivity contribution in [3.8, 4) is 11.4 Å². The molecule has 0 aliphatic carbocycles. The standard InChI is InChI=1S/C13H13N5/c14-8-3-1-7(2-4-8)13-17-11-9(15)5-6-10(16)12(11)18-13/h1-6H,14-16H2,(H,17,18). The number of hydrogen-bond acceptors (Lipinski definition) is 4. The third-order valence-corrected chi connectivity index (χ3v) is 2.89. The maximum absolute atomic E-state index is 5.89. The van der Waals surface area contributed by atoms with Gasteiger partial charge in [-0.25, -0.2) is 4.98 Å². The largest absolute Gasteiger partial charge is 0.399 e. The third-order valence-electron chi connectivity index (χ3n) is 2.89. The zero-order valence-corrected chi connectivity index (χ0v) is 9.64. The third kappa shape index (κ3) is 1.53. The number of aromatic nitrogens is 2. The summed E-state index contributed by atoms with van der Waals surface area (Å²) in [6.07, 6.45) is 0. The van der Waals surface area contributed by atoms with Gasteiger partial charge in [0.25, 0.3) is 0 Å². The van der Waals surface area contributed by atoms with Gasteiger partial charge < -0.3 is 22.2 Å². The predicted octanol–water partition coefficient (Wildman–Crippen LogP) is 1.98. The van der Waals surface area contributed by atoms with Crippen molar-refractivity contribution < 1.29 is 0 Å². The maximum atomic E-state index is 5.89. The lowest BCUT2D eigenvalue weighted by molar-refractivity contribution is 1.34. The van der Waals surface area contributed by atoms with Crippen LogP contribution < -0.4 is 17.2 Å². The number of benzene rings is 2. The molecule has 0 spiro atoms. The summed E-state index contributed by atoms with van der Waals surface area (Å²) in [5.41, 5.74) is 21.8. The lowest BCUT2D eigenvalue weighted by Gasteiger charge is -1.97. The number of rotatable bonds is 1. The zero-order valence-electron chi connectivity index (χ0n) is 9.64. The van der Waals surface area contributed by atoms with Crippen LogP contribution in [0.3, 0.4) is 0 Å². The highest BCUT2D eigenvalue weighted by Crippen LogP contribution is 2.28. The van der Waals surface area contributed by atoms with Crippen LogP contribution in [0.5, 0.6) is 0 Å². The van der Waals surface area contributed by atoms with E-state index in [0.29, 0.717) is 22.6 Å². The molecule has 90 valence electrons. The number of imidazole rings is 1. The average Bonchev–Trinajstić information content (AvgIpc) is 2.81. The molecule has 0 radical (unpaired) electrons. The van der Waals surface area contributed by atoms with Gasteiger partial charge in [-0.15, -0.1) is 0 Å². The Morgan fingerprint density at radius 3 is 2.17 bits per heavy atom. The van der Waals surface area contributed by atoms with Gasteiger partial charge in [0.05, 0.1) is 16.9 Å². The maximum Gasteiger partial charge on any atom is 0.138 e. The molecule has 0 unspecified atom stereocenters. The lowest BCUT2D eigenvalue weighted by Crippen LogP contribution is -1.90. The molecular weight excluding hydrogens is 226 g/mol. The number of nitrogens with two attached hydrogens (primary N) is 3. The van der Waals surface area contributed by atoms with Crippen LogP contribution in [-0.4, -0.2) is 9.97 Å². The highest BCUT2D eigenvalue weighted by molar-refractivity contribution is 5.96. The number of nitrogen functional groups attached to an aromatic ring is 3. The number of hydrogen-bond donors (Lipinski definition) is 4. The molecule has 0 fully saturated rings. The Bertz CT molecular complexity index is 673. The quantitative estimate of drug-likeness (QED) is 0.487. The van der Waals surface area contributed by atoms with E-state index in [9.17, 15) is 0 Å². The van der Waals surface area contributed by atoms with Crippen LogP contribution in [0.2, 0.25) is 0 Å². The van der Waals surface area contributed by atoms with Gasteiger partial charge in [0.2, 0.25) is 0 Å². The van der Waals surface area contributed by atoms with Crippen LogP contribution >= 0.6 is 0 Å². The van der Waals surface area contributed by atoms with Gasteiger partial charge >= 0.3 is 0 Å². The molecule has 7 N–H and O–H groups in total. The molecule has 1 heterocycles. The van der Waals surface area contributed by atoms with E-state index in [1.807, 2.05) is 24.3 Å². The van der Waals surface area contributed by atoms with Crippen LogP contribution in [0.15, 0.2) is 36.4 Å². The van der Waals surface area contributed by atoms with Gasteiger partial charge in [-0.2, -0.15) is 0 Å². The Kier molecular flexibility index (Phi) is 2.13. The number of aromatic amines is 1. The van der Waals surface area contributed by atoms with Crippen LogP contribution in [-0.2, 0) is 0 Å². The number of nitrogens with one attached hydrogen (secondary N) is 1. The minimum atomic E-state index is 0.608. The Morgan fingerprint density at radius 1 is 0.833 bits per heavy atom. The molecule has 3 rings (SSSR count). The summed E-state index contributed by atoms with van der Waals surface area (Å²) in [5.74, 6) is 0.731. The molecule has 5 nitrogen and oxygen atoms in total. The van der Waals surface area contributed by atoms with Crippen LogP contribution in [0.4, 0.5) is 17.1 Å². The smallest absolute Gasteiger partial charge is 0.138 e. The molecule has 0 saturated heterocycles. The highest BCUT2D eigenvalue weighted by atomic mass is 14.9. The van der Waals surface area contributed by atoms with Gasteiger partial charge in [-0.1, -0.05) is 0 Å². The second-order valence-corrected chi connectivity index (χ2v) is 4.18. The predicted molar refractivity (Wildman–Crippen MR) is 74.8 cm³/mol. The summed E-state index contributed by atoms with van der Waals surface area (Å²) < 4.78 is 0. The normalized spacial score (nSPS) is 10.9. The number of nitrogens with zero attached hydrogens (tertiary/aromatic N) is 1. The second-order valence-electron chi connectivity index (χ2n) is 4.18. The SMILES string of the molecule is Nc1ccc(-c2nc3c(N)ccc(N)c3[nH]2)cc1. The first-order valence-electron chi connectivity index (χ1n) is 5.55. The zero-order chi connectivity index (χ0) is 12.7. The Balaban J connectivity index is 2.22. The minimum Gasteiger partial charge on any atom is -0.399 e. The molecule has 0 atom stereocenters. The fourth-order valence-electron chi connectivity index (χ4n) is 1.91. The molecule has 0 aliphatic heterocycles. The van der Waals surface area contributed by atoms with Crippen LogP contribution in [0, 0.1) is 0 Å². The first-order chi connectivity index (χ1) is 8.65.